The highest BCUT2D eigenvalue weighted by Crippen LogP contribution is 2.27. The van der Waals surface area contributed by atoms with Crippen LogP contribution in [0.3, 0.4) is 0 Å². The topological polar surface area (TPSA) is 53.0 Å². The molecule has 1 aromatic carbocycles. The van der Waals surface area contributed by atoms with Gasteiger partial charge < -0.3 is 14.7 Å². The van der Waals surface area contributed by atoms with Gasteiger partial charge in [0.2, 0.25) is 0 Å². The Morgan fingerprint density at radius 1 is 1.26 bits per heavy atom. The van der Waals surface area contributed by atoms with E-state index in [4.69, 9.17) is 4.74 Å². The molecule has 0 aliphatic carbocycles. The third-order valence-corrected chi connectivity index (χ3v) is 4.18. The van der Waals surface area contributed by atoms with Crippen molar-refractivity contribution in [3.05, 3.63) is 29.3 Å². The number of hydrogen-bond donors (Lipinski definition) is 1. The van der Waals surface area contributed by atoms with Crippen molar-refractivity contribution in [2.45, 2.75) is 19.4 Å². The van der Waals surface area contributed by atoms with E-state index in [0.29, 0.717) is 26.1 Å². The summed E-state index contributed by atoms with van der Waals surface area (Å²) in [7, 11) is 1.21. The number of amides is 1. The third kappa shape index (κ3) is 3.79. The average molecular weight is 328 g/mol. The van der Waals surface area contributed by atoms with Gasteiger partial charge in [-0.2, -0.15) is 0 Å². The fraction of sp³-hybridized carbons (Fsp3) is 0.562. The molecule has 0 spiro atoms. The lowest BCUT2D eigenvalue weighted by Gasteiger charge is -2.26. The Balaban J connectivity index is 2.20. The van der Waals surface area contributed by atoms with Crippen molar-refractivity contribution in [3.63, 3.8) is 0 Å². The number of carbonyl (C=O) groups is 1. The molecule has 1 aliphatic rings. The van der Waals surface area contributed by atoms with Gasteiger partial charge in [0.15, 0.2) is 11.6 Å². The molecule has 23 heavy (non-hydrogen) atoms. The van der Waals surface area contributed by atoms with E-state index in [1.807, 2.05) is 6.92 Å². The van der Waals surface area contributed by atoms with Crippen LogP contribution in [-0.2, 0) is 0 Å². The monoisotopic (exact) mass is 328 g/mol. The SMILES string of the molecule is COc1c(F)ccc(F)c1C(=O)N1CCCN(C(C)CO)CC1. The Morgan fingerprint density at radius 3 is 2.61 bits per heavy atom. The Hall–Kier alpha value is -1.73. The van der Waals surface area contributed by atoms with Crippen molar-refractivity contribution in [2.75, 3.05) is 39.9 Å². The number of methoxy groups -OCH3 is 1. The van der Waals surface area contributed by atoms with E-state index in [0.717, 1.165) is 18.7 Å². The zero-order chi connectivity index (χ0) is 17.0. The van der Waals surface area contributed by atoms with Gasteiger partial charge in [0.05, 0.1) is 13.7 Å². The predicted molar refractivity (Wildman–Crippen MR) is 81.6 cm³/mol. The normalized spacial score (nSPS) is 17.7. The summed E-state index contributed by atoms with van der Waals surface area (Å²) in [5.41, 5.74) is -0.365. The first-order valence-electron chi connectivity index (χ1n) is 7.65. The lowest BCUT2D eigenvalue weighted by molar-refractivity contribution is 0.0744. The zero-order valence-electron chi connectivity index (χ0n) is 13.4. The maximum atomic E-state index is 14.0. The van der Waals surface area contributed by atoms with E-state index in [1.165, 1.54) is 12.0 Å². The van der Waals surface area contributed by atoms with Crippen LogP contribution in [0.4, 0.5) is 8.78 Å². The zero-order valence-corrected chi connectivity index (χ0v) is 13.4. The van der Waals surface area contributed by atoms with Crippen molar-refractivity contribution >= 4 is 5.91 Å². The van der Waals surface area contributed by atoms with Crippen LogP contribution in [0.15, 0.2) is 12.1 Å². The molecule has 0 saturated carbocycles. The van der Waals surface area contributed by atoms with E-state index in [-0.39, 0.29) is 24.0 Å². The summed E-state index contributed by atoms with van der Waals surface area (Å²) in [4.78, 5) is 16.2. The van der Waals surface area contributed by atoms with E-state index >= 15 is 0 Å². The molecule has 1 amide bonds. The number of rotatable bonds is 4. The van der Waals surface area contributed by atoms with Crippen LogP contribution in [0.2, 0.25) is 0 Å². The lowest BCUT2D eigenvalue weighted by atomic mass is 10.1. The molecule has 128 valence electrons. The van der Waals surface area contributed by atoms with Crippen LogP contribution in [0.1, 0.15) is 23.7 Å². The number of halogens is 2. The summed E-state index contributed by atoms with van der Waals surface area (Å²) < 4.78 is 32.7. The van der Waals surface area contributed by atoms with Crippen LogP contribution < -0.4 is 4.74 Å². The second-order valence-electron chi connectivity index (χ2n) is 5.65. The van der Waals surface area contributed by atoms with Crippen LogP contribution >= 0.6 is 0 Å². The Kier molecular flexibility index (Phi) is 5.90. The quantitative estimate of drug-likeness (QED) is 0.910. The molecule has 1 aromatic rings. The largest absolute Gasteiger partial charge is 0.493 e. The number of ether oxygens (including phenoxy) is 1. The van der Waals surface area contributed by atoms with Gasteiger partial charge in [-0.15, -0.1) is 0 Å². The number of hydrogen-bond acceptors (Lipinski definition) is 4. The van der Waals surface area contributed by atoms with Crippen LogP contribution in [-0.4, -0.2) is 66.8 Å². The molecule has 1 aliphatic heterocycles. The van der Waals surface area contributed by atoms with E-state index < -0.39 is 17.5 Å². The Morgan fingerprint density at radius 2 is 1.96 bits per heavy atom. The van der Waals surface area contributed by atoms with Gasteiger partial charge in [0, 0.05) is 32.2 Å². The molecular formula is C16H22F2N2O3. The molecule has 1 saturated heterocycles. The maximum Gasteiger partial charge on any atom is 0.260 e. The molecule has 1 atom stereocenters. The summed E-state index contributed by atoms with van der Waals surface area (Å²) >= 11 is 0. The van der Waals surface area contributed by atoms with E-state index in [9.17, 15) is 18.7 Å². The molecule has 5 nitrogen and oxygen atoms in total. The van der Waals surface area contributed by atoms with Gasteiger partial charge in [-0.1, -0.05) is 0 Å². The number of benzene rings is 1. The minimum absolute atomic E-state index is 0.00509. The third-order valence-electron chi connectivity index (χ3n) is 4.18. The number of aliphatic hydroxyl groups excluding tert-OH is 1. The number of carbonyl (C=O) groups excluding carboxylic acids is 1. The first-order chi connectivity index (χ1) is 11.0. The number of nitrogens with zero attached hydrogens (tertiary/aromatic N) is 2. The summed E-state index contributed by atoms with van der Waals surface area (Å²) in [5, 5.41) is 9.24. The van der Waals surface area contributed by atoms with Crippen molar-refractivity contribution in [1.82, 2.24) is 9.80 Å². The maximum absolute atomic E-state index is 14.0. The Bertz CT molecular complexity index is 569. The first kappa shape index (κ1) is 17.6. The fourth-order valence-corrected chi connectivity index (χ4v) is 2.79. The highest BCUT2D eigenvalue weighted by atomic mass is 19.1. The number of aliphatic hydroxyl groups is 1. The molecule has 0 aromatic heterocycles. The van der Waals surface area contributed by atoms with Crippen molar-refractivity contribution < 1.29 is 23.4 Å². The molecule has 1 fully saturated rings. The average Bonchev–Trinajstić information content (AvgIpc) is 2.81. The van der Waals surface area contributed by atoms with Gasteiger partial charge in [-0.3, -0.25) is 9.69 Å². The van der Waals surface area contributed by atoms with Gasteiger partial charge in [0.25, 0.3) is 5.91 Å². The molecular weight excluding hydrogens is 306 g/mol. The molecule has 1 unspecified atom stereocenters. The van der Waals surface area contributed by atoms with Crippen molar-refractivity contribution in [2.24, 2.45) is 0 Å². The summed E-state index contributed by atoms with van der Waals surface area (Å²) in [5.74, 6) is -2.49. The standard InChI is InChI=1S/C16H22F2N2O3/c1-11(10-21)19-6-3-7-20(9-8-19)16(22)14-12(17)4-5-13(18)15(14)23-2/h4-5,11,21H,3,6-10H2,1-2H3. The molecule has 0 radical (unpaired) electrons. The second-order valence-corrected chi connectivity index (χ2v) is 5.65. The van der Waals surface area contributed by atoms with Gasteiger partial charge in [0.1, 0.15) is 11.4 Å². The minimum atomic E-state index is -0.793. The first-order valence-corrected chi connectivity index (χ1v) is 7.65. The lowest BCUT2D eigenvalue weighted by Crippen LogP contribution is -2.40. The Labute approximate surface area is 134 Å². The van der Waals surface area contributed by atoms with Crippen LogP contribution in [0.5, 0.6) is 5.75 Å². The molecule has 7 heteroatoms. The summed E-state index contributed by atoms with van der Waals surface area (Å²) in [6.45, 7) is 4.11. The van der Waals surface area contributed by atoms with Crippen molar-refractivity contribution in [1.29, 1.82) is 0 Å². The van der Waals surface area contributed by atoms with Crippen LogP contribution in [0, 0.1) is 11.6 Å². The molecule has 2 rings (SSSR count). The van der Waals surface area contributed by atoms with Gasteiger partial charge >= 0.3 is 0 Å². The predicted octanol–water partition coefficient (Wildman–Crippen LogP) is 1.50. The highest BCUT2D eigenvalue weighted by molar-refractivity contribution is 5.97. The second kappa shape index (κ2) is 7.70. The van der Waals surface area contributed by atoms with Gasteiger partial charge in [-0.25, -0.2) is 8.78 Å². The van der Waals surface area contributed by atoms with Gasteiger partial charge in [-0.05, 0) is 25.5 Å². The minimum Gasteiger partial charge on any atom is -0.493 e. The van der Waals surface area contributed by atoms with Crippen molar-refractivity contribution in [3.8, 4) is 5.75 Å². The molecule has 1 N–H and O–H groups in total. The summed E-state index contributed by atoms with van der Waals surface area (Å²) in [6.07, 6.45) is 0.704. The van der Waals surface area contributed by atoms with E-state index in [2.05, 4.69) is 4.90 Å². The van der Waals surface area contributed by atoms with Crippen LogP contribution in [0.25, 0.3) is 0 Å². The molecule has 1 heterocycles. The smallest absolute Gasteiger partial charge is 0.260 e. The fourth-order valence-electron chi connectivity index (χ4n) is 2.79. The highest BCUT2D eigenvalue weighted by Gasteiger charge is 2.28. The molecule has 0 bridgehead atoms. The van der Waals surface area contributed by atoms with E-state index in [1.54, 1.807) is 0 Å². The summed E-state index contributed by atoms with van der Waals surface area (Å²) in [6, 6.07) is 1.88.